The monoisotopic (exact) mass is 560 g/mol. The maximum atomic E-state index is 12.6. The first-order valence-electron chi connectivity index (χ1n) is 13.2. The van der Waals surface area contributed by atoms with E-state index in [1.807, 2.05) is 30.3 Å². The van der Waals surface area contributed by atoms with Crippen LogP contribution in [0, 0.1) is 5.92 Å². The smallest absolute Gasteiger partial charge is 0.269 e. The van der Waals surface area contributed by atoms with Gasteiger partial charge in [-0.3, -0.25) is 30.6 Å². The molecule has 0 unspecified atom stereocenters. The summed E-state index contributed by atoms with van der Waals surface area (Å²) >= 11 is 5.14. The normalized spacial score (nSPS) is 13.0. The summed E-state index contributed by atoms with van der Waals surface area (Å²) in [6.45, 7) is 0.659. The number of carbonyl (C=O) groups is 3. The molecule has 0 saturated heterocycles. The van der Waals surface area contributed by atoms with Crippen LogP contribution in [0.2, 0.25) is 0 Å². The third-order valence-corrected chi connectivity index (χ3v) is 6.57. The first-order valence-corrected chi connectivity index (χ1v) is 13.6. The van der Waals surface area contributed by atoms with Gasteiger partial charge in [0.2, 0.25) is 5.91 Å². The number of hydrogen-bond acceptors (Lipinski definition) is 6. The lowest BCUT2D eigenvalue weighted by atomic mass is 9.88. The Morgan fingerprint density at radius 2 is 1.40 bits per heavy atom. The number of anilines is 1. The SMILES string of the molecule is O=C(NNC(=S)NC(=O)c1cccc(OCCOc2ccccc2)c1)c1ccc(NC(=O)C2CCCCC2)cc1. The van der Waals surface area contributed by atoms with E-state index in [2.05, 4.69) is 21.5 Å². The van der Waals surface area contributed by atoms with Crippen LogP contribution in [-0.4, -0.2) is 36.0 Å². The van der Waals surface area contributed by atoms with Gasteiger partial charge >= 0.3 is 0 Å². The average molecular weight is 561 g/mol. The Kier molecular flexibility index (Phi) is 10.5. The minimum absolute atomic E-state index is 0.0221. The van der Waals surface area contributed by atoms with Gasteiger partial charge in [0.05, 0.1) is 0 Å². The fourth-order valence-corrected chi connectivity index (χ4v) is 4.41. The van der Waals surface area contributed by atoms with E-state index in [0.717, 1.165) is 31.4 Å². The van der Waals surface area contributed by atoms with Crippen LogP contribution < -0.4 is 31.0 Å². The van der Waals surface area contributed by atoms with E-state index < -0.39 is 11.8 Å². The highest BCUT2D eigenvalue weighted by atomic mass is 32.1. The van der Waals surface area contributed by atoms with E-state index in [-0.39, 0.29) is 16.9 Å². The lowest BCUT2D eigenvalue weighted by Gasteiger charge is -2.20. The number of hydrazine groups is 1. The summed E-state index contributed by atoms with van der Waals surface area (Å²) in [7, 11) is 0. The molecule has 0 atom stereocenters. The van der Waals surface area contributed by atoms with Crippen molar-refractivity contribution in [3.8, 4) is 11.5 Å². The van der Waals surface area contributed by atoms with Gasteiger partial charge in [0, 0.05) is 22.7 Å². The van der Waals surface area contributed by atoms with Gasteiger partial charge in [-0.15, -0.1) is 0 Å². The molecule has 0 heterocycles. The predicted octanol–water partition coefficient (Wildman–Crippen LogP) is 4.61. The molecule has 0 radical (unpaired) electrons. The number of hydrogen-bond donors (Lipinski definition) is 4. The fourth-order valence-electron chi connectivity index (χ4n) is 4.27. The van der Waals surface area contributed by atoms with Crippen molar-refractivity contribution in [2.45, 2.75) is 32.1 Å². The summed E-state index contributed by atoms with van der Waals surface area (Å²) in [4.78, 5) is 37.5. The van der Waals surface area contributed by atoms with E-state index in [1.54, 1.807) is 48.5 Å². The molecule has 3 aromatic rings. The van der Waals surface area contributed by atoms with Gasteiger partial charge in [-0.25, -0.2) is 0 Å². The molecule has 9 nitrogen and oxygen atoms in total. The molecule has 0 bridgehead atoms. The lowest BCUT2D eigenvalue weighted by Crippen LogP contribution is -2.48. The molecule has 208 valence electrons. The molecule has 4 N–H and O–H groups in total. The van der Waals surface area contributed by atoms with Crippen LogP contribution in [0.5, 0.6) is 11.5 Å². The summed E-state index contributed by atoms with van der Waals surface area (Å²) < 4.78 is 11.3. The number of para-hydroxylation sites is 1. The molecule has 4 rings (SSSR count). The van der Waals surface area contributed by atoms with E-state index in [1.165, 1.54) is 6.42 Å². The lowest BCUT2D eigenvalue weighted by molar-refractivity contribution is -0.120. The van der Waals surface area contributed by atoms with Gasteiger partial charge < -0.3 is 14.8 Å². The summed E-state index contributed by atoms with van der Waals surface area (Å²) in [6.07, 6.45) is 5.18. The molecule has 0 spiro atoms. The Hall–Kier alpha value is -4.44. The first kappa shape index (κ1) is 28.6. The van der Waals surface area contributed by atoms with Crippen LogP contribution in [0.25, 0.3) is 0 Å². The molecule has 3 amide bonds. The largest absolute Gasteiger partial charge is 0.490 e. The second kappa shape index (κ2) is 14.6. The summed E-state index contributed by atoms with van der Waals surface area (Å²) in [5.41, 5.74) is 6.31. The van der Waals surface area contributed by atoms with Crippen molar-refractivity contribution in [2.24, 2.45) is 5.92 Å². The number of ether oxygens (including phenoxy) is 2. The van der Waals surface area contributed by atoms with Crippen molar-refractivity contribution in [3.05, 3.63) is 90.0 Å². The highest BCUT2D eigenvalue weighted by molar-refractivity contribution is 7.80. The molecule has 1 aliphatic carbocycles. The van der Waals surface area contributed by atoms with E-state index >= 15 is 0 Å². The zero-order valence-electron chi connectivity index (χ0n) is 22.0. The maximum absolute atomic E-state index is 12.6. The maximum Gasteiger partial charge on any atom is 0.269 e. The Labute approximate surface area is 238 Å². The molecule has 3 aromatic carbocycles. The Morgan fingerprint density at radius 1 is 0.725 bits per heavy atom. The van der Waals surface area contributed by atoms with Crippen LogP contribution in [0.1, 0.15) is 52.8 Å². The van der Waals surface area contributed by atoms with Gasteiger partial charge in [0.15, 0.2) is 5.11 Å². The number of thiocarbonyl (C=S) groups is 1. The second-order valence-corrected chi connectivity index (χ2v) is 9.71. The minimum atomic E-state index is -0.462. The predicted molar refractivity (Wildman–Crippen MR) is 156 cm³/mol. The van der Waals surface area contributed by atoms with E-state index in [9.17, 15) is 14.4 Å². The van der Waals surface area contributed by atoms with Gasteiger partial charge in [0.25, 0.3) is 11.8 Å². The van der Waals surface area contributed by atoms with Gasteiger partial charge in [-0.2, -0.15) is 0 Å². The van der Waals surface area contributed by atoms with Crippen LogP contribution >= 0.6 is 12.2 Å². The Bertz CT molecular complexity index is 1310. The standard InChI is InChI=1S/C30H32N4O5S/c35-27(21-8-3-1-4-9-21)31-24-16-14-22(15-17-24)29(37)33-34-30(40)32-28(36)23-10-7-13-26(20-23)39-19-18-38-25-11-5-2-6-12-25/h2,5-7,10-17,20-21H,1,3-4,8-9,18-19H2,(H,31,35)(H,33,37)(H2,32,34,36,40). The fraction of sp³-hybridized carbons (Fsp3) is 0.267. The second-order valence-electron chi connectivity index (χ2n) is 9.30. The summed E-state index contributed by atoms with van der Waals surface area (Å²) in [6, 6.07) is 22.6. The Balaban J connectivity index is 1.18. The number of amides is 3. The van der Waals surface area contributed by atoms with Crippen LogP contribution in [-0.2, 0) is 4.79 Å². The van der Waals surface area contributed by atoms with E-state index in [4.69, 9.17) is 21.7 Å². The number of carbonyl (C=O) groups excluding carboxylic acids is 3. The van der Waals surface area contributed by atoms with Crippen molar-refractivity contribution in [1.29, 1.82) is 0 Å². The Morgan fingerprint density at radius 3 is 2.12 bits per heavy atom. The highest BCUT2D eigenvalue weighted by Gasteiger charge is 2.21. The average Bonchev–Trinajstić information content (AvgIpc) is 2.99. The molecule has 0 aromatic heterocycles. The van der Waals surface area contributed by atoms with Crippen molar-refractivity contribution in [1.82, 2.24) is 16.2 Å². The van der Waals surface area contributed by atoms with Gasteiger partial charge in [0.1, 0.15) is 24.7 Å². The zero-order valence-corrected chi connectivity index (χ0v) is 22.8. The molecule has 1 aliphatic rings. The molecular formula is C30H32N4O5S. The highest BCUT2D eigenvalue weighted by Crippen LogP contribution is 2.25. The summed E-state index contributed by atoms with van der Waals surface area (Å²) in [5, 5.41) is 5.37. The van der Waals surface area contributed by atoms with E-state index in [0.29, 0.717) is 35.8 Å². The van der Waals surface area contributed by atoms with Crippen molar-refractivity contribution >= 4 is 40.7 Å². The van der Waals surface area contributed by atoms with Gasteiger partial charge in [-0.1, -0.05) is 43.5 Å². The molecule has 0 aliphatic heterocycles. The quantitative estimate of drug-likeness (QED) is 0.171. The third kappa shape index (κ3) is 8.81. The van der Waals surface area contributed by atoms with Crippen molar-refractivity contribution in [2.75, 3.05) is 18.5 Å². The molecular weight excluding hydrogens is 528 g/mol. The molecule has 40 heavy (non-hydrogen) atoms. The van der Waals surface area contributed by atoms with Crippen LogP contribution in [0.4, 0.5) is 5.69 Å². The van der Waals surface area contributed by atoms with Crippen LogP contribution in [0.15, 0.2) is 78.9 Å². The third-order valence-electron chi connectivity index (χ3n) is 6.37. The molecule has 1 fully saturated rings. The van der Waals surface area contributed by atoms with Crippen molar-refractivity contribution in [3.63, 3.8) is 0 Å². The number of rotatable bonds is 9. The zero-order chi connectivity index (χ0) is 28.2. The number of nitrogens with one attached hydrogen (secondary N) is 4. The molecule has 1 saturated carbocycles. The van der Waals surface area contributed by atoms with Crippen molar-refractivity contribution < 1.29 is 23.9 Å². The number of benzene rings is 3. The van der Waals surface area contributed by atoms with Gasteiger partial charge in [-0.05, 0) is 79.7 Å². The summed E-state index contributed by atoms with van der Waals surface area (Å²) in [5.74, 6) is 0.420. The molecule has 10 heteroatoms. The first-order chi connectivity index (χ1) is 19.5. The minimum Gasteiger partial charge on any atom is -0.490 e. The topological polar surface area (TPSA) is 118 Å². The van der Waals surface area contributed by atoms with Crippen LogP contribution in [0.3, 0.4) is 0 Å².